The molecule has 1 atom stereocenters. The molecule has 1 amide bonds. The van der Waals surface area contributed by atoms with Crippen molar-refractivity contribution >= 4 is 5.91 Å². The van der Waals surface area contributed by atoms with Gasteiger partial charge in [-0.05, 0) is 24.6 Å². The average molecular weight is 281 g/mol. The highest BCUT2D eigenvalue weighted by atomic mass is 16.5. The highest BCUT2D eigenvalue weighted by Gasteiger charge is 2.21. The van der Waals surface area contributed by atoms with Gasteiger partial charge in [-0.3, -0.25) is 4.79 Å². The Morgan fingerprint density at radius 2 is 1.90 bits per heavy atom. The van der Waals surface area contributed by atoms with Gasteiger partial charge < -0.3 is 19.9 Å². The summed E-state index contributed by atoms with van der Waals surface area (Å²) in [5.74, 6) is -0.202. The van der Waals surface area contributed by atoms with E-state index in [1.54, 1.807) is 33.3 Å². The molecular weight excluding hydrogens is 258 g/mol. The Kier molecular flexibility index (Phi) is 6.64. The van der Waals surface area contributed by atoms with Gasteiger partial charge in [-0.1, -0.05) is 12.1 Å². The first-order valence-corrected chi connectivity index (χ1v) is 6.56. The molecule has 20 heavy (non-hydrogen) atoms. The lowest BCUT2D eigenvalue weighted by molar-refractivity contribution is 0.0243. The second kappa shape index (κ2) is 7.99. The molecule has 0 aromatic heterocycles. The van der Waals surface area contributed by atoms with Gasteiger partial charge in [-0.15, -0.1) is 0 Å². The van der Waals surface area contributed by atoms with E-state index in [4.69, 9.17) is 9.47 Å². The van der Waals surface area contributed by atoms with Gasteiger partial charge in [-0.2, -0.15) is 0 Å². The molecule has 0 bridgehead atoms. The maximum Gasteiger partial charge on any atom is 0.251 e. The number of methoxy groups -OCH3 is 2. The first kappa shape index (κ1) is 16.6. The molecule has 0 radical (unpaired) electrons. The highest BCUT2D eigenvalue weighted by molar-refractivity contribution is 5.94. The first-order chi connectivity index (χ1) is 9.48. The van der Waals surface area contributed by atoms with Crippen LogP contribution in [0.3, 0.4) is 0 Å². The predicted octanol–water partition coefficient (Wildman–Crippen LogP) is 1.35. The van der Waals surface area contributed by atoms with E-state index in [2.05, 4.69) is 5.32 Å². The fourth-order valence-corrected chi connectivity index (χ4v) is 1.70. The van der Waals surface area contributed by atoms with Gasteiger partial charge >= 0.3 is 0 Å². The number of rotatable bonds is 8. The minimum atomic E-state index is -0.971. The van der Waals surface area contributed by atoms with Crippen LogP contribution in [0.1, 0.15) is 29.3 Å². The van der Waals surface area contributed by atoms with Crippen molar-refractivity contribution in [3.05, 3.63) is 35.4 Å². The number of carbonyl (C=O) groups is 1. The van der Waals surface area contributed by atoms with E-state index in [9.17, 15) is 9.90 Å². The Labute approximate surface area is 119 Å². The molecule has 1 aromatic carbocycles. The molecule has 0 saturated heterocycles. The molecule has 5 heteroatoms. The summed E-state index contributed by atoms with van der Waals surface area (Å²) >= 11 is 0. The Bertz CT molecular complexity index is 414. The number of nitrogens with one attached hydrogen (secondary N) is 1. The number of benzene rings is 1. The van der Waals surface area contributed by atoms with E-state index in [0.29, 0.717) is 25.2 Å². The molecule has 0 aliphatic heterocycles. The van der Waals surface area contributed by atoms with Crippen LogP contribution in [0.4, 0.5) is 0 Å². The minimum Gasteiger partial charge on any atom is -0.388 e. The van der Waals surface area contributed by atoms with Crippen LogP contribution in [0.25, 0.3) is 0 Å². The normalized spacial score (nSPS) is 13.8. The average Bonchev–Trinajstić information content (AvgIpc) is 2.44. The Morgan fingerprint density at radius 1 is 1.25 bits per heavy atom. The van der Waals surface area contributed by atoms with Gasteiger partial charge in [0.2, 0.25) is 0 Å². The fourth-order valence-electron chi connectivity index (χ4n) is 1.70. The highest BCUT2D eigenvalue weighted by Crippen LogP contribution is 2.09. The quantitative estimate of drug-likeness (QED) is 0.755. The monoisotopic (exact) mass is 281 g/mol. The van der Waals surface area contributed by atoms with E-state index in [1.165, 1.54) is 0 Å². The summed E-state index contributed by atoms with van der Waals surface area (Å²) < 4.78 is 9.93. The SMILES string of the molecule is COCCC(C)(O)CNC(=O)c1ccc(COC)cc1. The molecule has 1 unspecified atom stereocenters. The summed E-state index contributed by atoms with van der Waals surface area (Å²) in [6.45, 7) is 2.84. The van der Waals surface area contributed by atoms with Gasteiger partial charge in [0.05, 0.1) is 12.2 Å². The summed E-state index contributed by atoms with van der Waals surface area (Å²) in [6.07, 6.45) is 0.469. The molecule has 2 N–H and O–H groups in total. The van der Waals surface area contributed by atoms with Crippen molar-refractivity contribution in [1.29, 1.82) is 0 Å². The van der Waals surface area contributed by atoms with Crippen molar-refractivity contribution in [2.24, 2.45) is 0 Å². The standard InChI is InChI=1S/C15H23NO4/c1-15(18,8-9-19-2)11-16-14(17)13-6-4-12(5-7-13)10-20-3/h4-7,18H,8-11H2,1-3H3,(H,16,17). The third-order valence-electron chi connectivity index (χ3n) is 3.00. The van der Waals surface area contributed by atoms with Crippen LogP contribution in [-0.2, 0) is 16.1 Å². The van der Waals surface area contributed by atoms with Crippen LogP contribution in [0, 0.1) is 0 Å². The molecule has 5 nitrogen and oxygen atoms in total. The van der Waals surface area contributed by atoms with Gasteiger partial charge in [-0.25, -0.2) is 0 Å². The molecule has 0 aliphatic rings. The lowest BCUT2D eigenvalue weighted by atomic mass is 10.0. The third-order valence-corrected chi connectivity index (χ3v) is 3.00. The number of carbonyl (C=O) groups excluding carboxylic acids is 1. The van der Waals surface area contributed by atoms with Crippen LogP contribution < -0.4 is 5.32 Å². The molecule has 1 rings (SSSR count). The van der Waals surface area contributed by atoms with E-state index in [1.807, 2.05) is 12.1 Å². The van der Waals surface area contributed by atoms with Crippen LogP contribution in [0.2, 0.25) is 0 Å². The van der Waals surface area contributed by atoms with Crippen LogP contribution in [-0.4, -0.2) is 44.0 Å². The zero-order valence-corrected chi connectivity index (χ0v) is 12.3. The summed E-state index contributed by atoms with van der Waals surface area (Å²) in [4.78, 5) is 11.9. The lowest BCUT2D eigenvalue weighted by Gasteiger charge is -2.23. The van der Waals surface area contributed by atoms with Crippen molar-refractivity contribution < 1.29 is 19.4 Å². The number of hydrogen-bond donors (Lipinski definition) is 2. The Balaban J connectivity index is 2.49. The summed E-state index contributed by atoms with van der Waals surface area (Å²) in [5, 5.41) is 12.8. The molecule has 0 saturated carbocycles. The van der Waals surface area contributed by atoms with E-state index in [-0.39, 0.29) is 12.5 Å². The van der Waals surface area contributed by atoms with Crippen LogP contribution in [0.5, 0.6) is 0 Å². The molecule has 112 valence electrons. The van der Waals surface area contributed by atoms with Crippen LogP contribution >= 0.6 is 0 Å². The second-order valence-electron chi connectivity index (χ2n) is 5.05. The van der Waals surface area contributed by atoms with E-state index in [0.717, 1.165) is 5.56 Å². The molecule has 0 spiro atoms. The van der Waals surface area contributed by atoms with Crippen molar-refractivity contribution in [2.45, 2.75) is 25.6 Å². The lowest BCUT2D eigenvalue weighted by Crippen LogP contribution is -2.41. The second-order valence-corrected chi connectivity index (χ2v) is 5.05. The number of ether oxygens (including phenoxy) is 2. The van der Waals surface area contributed by atoms with Gasteiger partial charge in [0.25, 0.3) is 5.91 Å². The maximum absolute atomic E-state index is 11.9. The fraction of sp³-hybridized carbons (Fsp3) is 0.533. The molecule has 0 heterocycles. The summed E-state index contributed by atoms with van der Waals surface area (Å²) in [6, 6.07) is 7.18. The largest absolute Gasteiger partial charge is 0.388 e. The number of amides is 1. The molecular formula is C15H23NO4. The summed E-state index contributed by atoms with van der Waals surface area (Å²) in [7, 11) is 3.21. The maximum atomic E-state index is 11.9. The predicted molar refractivity (Wildman–Crippen MR) is 76.6 cm³/mol. The van der Waals surface area contributed by atoms with Gasteiger partial charge in [0.1, 0.15) is 0 Å². The zero-order valence-electron chi connectivity index (χ0n) is 12.3. The van der Waals surface area contributed by atoms with Crippen LogP contribution in [0.15, 0.2) is 24.3 Å². The van der Waals surface area contributed by atoms with Gasteiger partial charge in [0, 0.05) is 39.4 Å². The van der Waals surface area contributed by atoms with Crippen molar-refractivity contribution in [1.82, 2.24) is 5.32 Å². The molecule has 1 aromatic rings. The molecule has 0 aliphatic carbocycles. The van der Waals surface area contributed by atoms with E-state index < -0.39 is 5.60 Å². The Morgan fingerprint density at radius 3 is 2.45 bits per heavy atom. The zero-order chi connectivity index (χ0) is 15.0. The first-order valence-electron chi connectivity index (χ1n) is 6.56. The van der Waals surface area contributed by atoms with Crippen molar-refractivity contribution in [2.75, 3.05) is 27.4 Å². The third kappa shape index (κ3) is 5.69. The van der Waals surface area contributed by atoms with E-state index >= 15 is 0 Å². The van der Waals surface area contributed by atoms with Gasteiger partial charge in [0.15, 0.2) is 0 Å². The van der Waals surface area contributed by atoms with Crippen molar-refractivity contribution in [3.63, 3.8) is 0 Å². The molecule has 0 fully saturated rings. The smallest absolute Gasteiger partial charge is 0.251 e. The topological polar surface area (TPSA) is 67.8 Å². The Hall–Kier alpha value is -1.43. The van der Waals surface area contributed by atoms with Crippen molar-refractivity contribution in [3.8, 4) is 0 Å². The number of aliphatic hydroxyl groups is 1. The summed E-state index contributed by atoms with van der Waals surface area (Å²) in [5.41, 5.74) is 0.602. The number of hydrogen-bond acceptors (Lipinski definition) is 4. The minimum absolute atomic E-state index is 0.189.